The Morgan fingerprint density at radius 1 is 1.07 bits per heavy atom. The zero-order valence-electron chi connectivity index (χ0n) is 9.17. The summed E-state index contributed by atoms with van der Waals surface area (Å²) in [5.41, 5.74) is 0. The van der Waals surface area contributed by atoms with Gasteiger partial charge < -0.3 is 5.11 Å². The van der Waals surface area contributed by atoms with E-state index in [-0.39, 0.29) is 0 Å². The Hall–Kier alpha value is -0.790. The number of aliphatic carboxylic acids is 1. The lowest BCUT2D eigenvalue weighted by atomic mass is 10.1. The first-order valence-electron chi connectivity index (χ1n) is 5.67. The SMILES string of the molecule is CCCCCCCCC/C=C\C(=O)O. The maximum absolute atomic E-state index is 10.1. The van der Waals surface area contributed by atoms with Crippen LogP contribution in [0.3, 0.4) is 0 Å². The molecule has 0 atom stereocenters. The highest BCUT2D eigenvalue weighted by Gasteiger charge is 1.90. The molecule has 1 N–H and O–H groups in total. The van der Waals surface area contributed by atoms with Gasteiger partial charge in [-0.3, -0.25) is 0 Å². The molecule has 0 unspecified atom stereocenters. The minimum atomic E-state index is -0.840. The summed E-state index contributed by atoms with van der Waals surface area (Å²) in [5.74, 6) is -0.840. The van der Waals surface area contributed by atoms with Crippen LogP contribution in [0.2, 0.25) is 0 Å². The third-order valence-electron chi connectivity index (χ3n) is 2.23. The number of carboxylic acids is 1. The fourth-order valence-corrected chi connectivity index (χ4v) is 1.40. The van der Waals surface area contributed by atoms with E-state index in [1.807, 2.05) is 0 Å². The Kier molecular flexibility index (Phi) is 9.71. The van der Waals surface area contributed by atoms with Crippen molar-refractivity contribution in [3.63, 3.8) is 0 Å². The third-order valence-corrected chi connectivity index (χ3v) is 2.23. The van der Waals surface area contributed by atoms with Gasteiger partial charge in [-0.1, -0.05) is 51.5 Å². The molecule has 0 aliphatic carbocycles. The van der Waals surface area contributed by atoms with Gasteiger partial charge in [0.15, 0.2) is 0 Å². The first kappa shape index (κ1) is 13.2. The molecule has 82 valence electrons. The molecule has 0 aliphatic heterocycles. The zero-order valence-corrected chi connectivity index (χ0v) is 9.17. The summed E-state index contributed by atoms with van der Waals surface area (Å²) in [7, 11) is 0. The second-order valence-electron chi connectivity index (χ2n) is 3.65. The van der Waals surface area contributed by atoms with E-state index in [2.05, 4.69) is 6.92 Å². The Bertz CT molecular complexity index is 162. The lowest BCUT2D eigenvalue weighted by Crippen LogP contribution is -1.85. The van der Waals surface area contributed by atoms with Gasteiger partial charge in [0.1, 0.15) is 0 Å². The van der Waals surface area contributed by atoms with Crippen LogP contribution in [-0.2, 0) is 4.79 Å². The predicted octanol–water partition coefficient (Wildman–Crippen LogP) is 3.77. The second-order valence-corrected chi connectivity index (χ2v) is 3.65. The van der Waals surface area contributed by atoms with E-state index < -0.39 is 5.97 Å². The summed E-state index contributed by atoms with van der Waals surface area (Å²) in [6, 6.07) is 0. The number of carboxylic acid groups (broad SMARTS) is 1. The van der Waals surface area contributed by atoms with Gasteiger partial charge in [-0.2, -0.15) is 0 Å². The minimum Gasteiger partial charge on any atom is -0.478 e. The molecule has 0 saturated heterocycles. The standard InChI is InChI=1S/C12H22O2/c1-2-3-4-5-6-7-8-9-10-11-12(13)14/h10-11H,2-9H2,1H3,(H,13,14)/b11-10-. The molecule has 0 radical (unpaired) electrons. The highest BCUT2D eigenvalue weighted by atomic mass is 16.4. The molecule has 0 aromatic rings. The van der Waals surface area contributed by atoms with Crippen molar-refractivity contribution in [1.29, 1.82) is 0 Å². The van der Waals surface area contributed by atoms with Crippen molar-refractivity contribution in [2.45, 2.75) is 58.3 Å². The maximum atomic E-state index is 10.1. The summed E-state index contributed by atoms with van der Waals surface area (Å²) in [6.07, 6.45) is 12.8. The number of hydrogen-bond acceptors (Lipinski definition) is 1. The first-order valence-corrected chi connectivity index (χ1v) is 5.67. The molecule has 2 heteroatoms. The van der Waals surface area contributed by atoms with Gasteiger partial charge in [-0.05, 0) is 12.8 Å². The van der Waals surface area contributed by atoms with Crippen molar-refractivity contribution in [1.82, 2.24) is 0 Å². The molecule has 0 heterocycles. The molecule has 0 fully saturated rings. The van der Waals surface area contributed by atoms with Gasteiger partial charge >= 0.3 is 5.97 Å². The third kappa shape index (κ3) is 11.2. The summed E-state index contributed by atoms with van der Waals surface area (Å²) in [6.45, 7) is 2.22. The summed E-state index contributed by atoms with van der Waals surface area (Å²) in [5, 5.41) is 8.33. The quantitative estimate of drug-likeness (QED) is 0.452. The molecule has 0 aliphatic rings. The number of rotatable bonds is 9. The fourth-order valence-electron chi connectivity index (χ4n) is 1.40. The second kappa shape index (κ2) is 10.3. The maximum Gasteiger partial charge on any atom is 0.327 e. The molecule has 0 rings (SSSR count). The largest absolute Gasteiger partial charge is 0.478 e. The van der Waals surface area contributed by atoms with E-state index in [9.17, 15) is 4.79 Å². The fraction of sp³-hybridized carbons (Fsp3) is 0.750. The highest BCUT2D eigenvalue weighted by Crippen LogP contribution is 2.08. The smallest absolute Gasteiger partial charge is 0.327 e. The molecule has 0 aromatic heterocycles. The normalized spacial score (nSPS) is 10.9. The number of allylic oxidation sites excluding steroid dienone is 1. The van der Waals surface area contributed by atoms with Gasteiger partial charge in [0.25, 0.3) is 0 Å². The summed E-state index contributed by atoms with van der Waals surface area (Å²) in [4.78, 5) is 10.1. The van der Waals surface area contributed by atoms with Crippen LogP contribution >= 0.6 is 0 Å². The van der Waals surface area contributed by atoms with Crippen LogP contribution in [0.15, 0.2) is 12.2 Å². The Morgan fingerprint density at radius 3 is 2.21 bits per heavy atom. The highest BCUT2D eigenvalue weighted by molar-refractivity contribution is 5.79. The van der Waals surface area contributed by atoms with E-state index in [1.54, 1.807) is 6.08 Å². The van der Waals surface area contributed by atoms with E-state index in [0.29, 0.717) is 0 Å². The van der Waals surface area contributed by atoms with E-state index >= 15 is 0 Å². The Labute approximate surface area is 87.0 Å². The van der Waals surface area contributed by atoms with E-state index in [1.165, 1.54) is 44.6 Å². The monoisotopic (exact) mass is 198 g/mol. The first-order chi connectivity index (χ1) is 6.77. The zero-order chi connectivity index (χ0) is 10.6. The predicted molar refractivity (Wildman–Crippen MR) is 59.4 cm³/mol. The molecule has 0 spiro atoms. The average molecular weight is 198 g/mol. The van der Waals surface area contributed by atoms with Crippen LogP contribution in [0.4, 0.5) is 0 Å². The van der Waals surface area contributed by atoms with E-state index in [4.69, 9.17) is 5.11 Å². The topological polar surface area (TPSA) is 37.3 Å². The van der Waals surface area contributed by atoms with Crippen molar-refractivity contribution in [2.75, 3.05) is 0 Å². The number of unbranched alkanes of at least 4 members (excludes halogenated alkanes) is 7. The van der Waals surface area contributed by atoms with E-state index in [0.717, 1.165) is 12.8 Å². The molecule has 14 heavy (non-hydrogen) atoms. The lowest BCUT2D eigenvalue weighted by molar-refractivity contribution is -0.131. The number of carbonyl (C=O) groups is 1. The molecule has 0 bridgehead atoms. The average Bonchev–Trinajstić information content (AvgIpc) is 2.15. The lowest BCUT2D eigenvalue weighted by Gasteiger charge is -1.98. The Morgan fingerprint density at radius 2 is 1.64 bits per heavy atom. The van der Waals surface area contributed by atoms with Crippen molar-refractivity contribution in [2.24, 2.45) is 0 Å². The molecular weight excluding hydrogens is 176 g/mol. The van der Waals surface area contributed by atoms with Crippen LogP contribution in [0.25, 0.3) is 0 Å². The molecule has 2 nitrogen and oxygen atoms in total. The molecule has 0 aromatic carbocycles. The Balaban J connectivity index is 3.02. The molecule has 0 amide bonds. The van der Waals surface area contributed by atoms with Crippen LogP contribution in [-0.4, -0.2) is 11.1 Å². The van der Waals surface area contributed by atoms with Crippen molar-refractivity contribution in [3.8, 4) is 0 Å². The van der Waals surface area contributed by atoms with Crippen LogP contribution in [0, 0.1) is 0 Å². The van der Waals surface area contributed by atoms with Crippen LogP contribution < -0.4 is 0 Å². The minimum absolute atomic E-state index is 0.840. The van der Waals surface area contributed by atoms with Gasteiger partial charge in [-0.15, -0.1) is 0 Å². The molecular formula is C12H22O2. The van der Waals surface area contributed by atoms with Gasteiger partial charge in [0.05, 0.1) is 0 Å². The van der Waals surface area contributed by atoms with Gasteiger partial charge in [0, 0.05) is 6.08 Å². The number of hydrogen-bond donors (Lipinski definition) is 1. The van der Waals surface area contributed by atoms with Crippen molar-refractivity contribution in [3.05, 3.63) is 12.2 Å². The van der Waals surface area contributed by atoms with Gasteiger partial charge in [-0.25, -0.2) is 4.79 Å². The van der Waals surface area contributed by atoms with Gasteiger partial charge in [0.2, 0.25) is 0 Å². The van der Waals surface area contributed by atoms with Crippen LogP contribution in [0.5, 0.6) is 0 Å². The van der Waals surface area contributed by atoms with Crippen molar-refractivity contribution >= 4 is 5.97 Å². The van der Waals surface area contributed by atoms with Crippen molar-refractivity contribution < 1.29 is 9.90 Å². The molecule has 0 saturated carbocycles. The summed E-state index contributed by atoms with van der Waals surface area (Å²) < 4.78 is 0. The van der Waals surface area contributed by atoms with Crippen LogP contribution in [0.1, 0.15) is 58.3 Å². The summed E-state index contributed by atoms with van der Waals surface area (Å²) >= 11 is 0.